The molecule has 2 rings (SSSR count). The summed E-state index contributed by atoms with van der Waals surface area (Å²) in [6, 6.07) is 13.8. The second kappa shape index (κ2) is 5.60. The maximum absolute atomic E-state index is 12.9. The number of nitrogens with zero attached hydrogens (tertiary/aromatic N) is 1. The minimum Gasteiger partial charge on any atom is -0.288 e. The Labute approximate surface area is 105 Å². The molecule has 0 N–H and O–H groups in total. The van der Waals surface area contributed by atoms with E-state index in [0.29, 0.717) is 11.6 Å². The Balaban J connectivity index is 2.00. The van der Waals surface area contributed by atoms with Gasteiger partial charge in [-0.1, -0.05) is 35.9 Å². The van der Waals surface area contributed by atoms with Crippen molar-refractivity contribution in [2.75, 3.05) is 0 Å². The Morgan fingerprint density at radius 2 is 1.88 bits per heavy atom. The topological polar surface area (TPSA) is 12.4 Å². The molecule has 3 heteroatoms. The van der Waals surface area contributed by atoms with E-state index in [9.17, 15) is 4.39 Å². The van der Waals surface area contributed by atoms with Gasteiger partial charge in [-0.15, -0.1) is 0 Å². The van der Waals surface area contributed by atoms with Crippen LogP contribution in [-0.4, -0.2) is 6.21 Å². The zero-order valence-corrected chi connectivity index (χ0v) is 9.86. The highest BCUT2D eigenvalue weighted by molar-refractivity contribution is 6.30. The van der Waals surface area contributed by atoms with Gasteiger partial charge in [0.15, 0.2) is 0 Å². The zero-order valence-electron chi connectivity index (χ0n) is 9.11. The van der Waals surface area contributed by atoms with E-state index in [0.717, 1.165) is 11.1 Å². The second-order valence-corrected chi connectivity index (χ2v) is 4.09. The zero-order chi connectivity index (χ0) is 12.1. The van der Waals surface area contributed by atoms with Crippen LogP contribution in [0.4, 0.5) is 4.39 Å². The molecule has 0 radical (unpaired) electrons. The normalized spacial score (nSPS) is 10.9. The molecule has 0 aliphatic heterocycles. The summed E-state index contributed by atoms with van der Waals surface area (Å²) in [6.45, 7) is 0.563. The minimum absolute atomic E-state index is 0.250. The lowest BCUT2D eigenvalue weighted by Gasteiger charge is -1.97. The largest absolute Gasteiger partial charge is 0.288 e. The van der Waals surface area contributed by atoms with Gasteiger partial charge in [0.05, 0.1) is 6.54 Å². The Morgan fingerprint density at radius 3 is 2.59 bits per heavy atom. The monoisotopic (exact) mass is 247 g/mol. The van der Waals surface area contributed by atoms with Crippen molar-refractivity contribution in [2.24, 2.45) is 4.99 Å². The Bertz CT molecular complexity index is 520. The molecule has 0 saturated carbocycles. The van der Waals surface area contributed by atoms with Crippen LogP contribution >= 0.6 is 11.6 Å². The lowest BCUT2D eigenvalue weighted by Crippen LogP contribution is -1.85. The van der Waals surface area contributed by atoms with Crippen molar-refractivity contribution < 1.29 is 4.39 Å². The molecule has 0 heterocycles. The van der Waals surface area contributed by atoms with Gasteiger partial charge in [0, 0.05) is 11.2 Å². The van der Waals surface area contributed by atoms with Gasteiger partial charge in [0.1, 0.15) is 5.82 Å². The molecule has 17 heavy (non-hydrogen) atoms. The van der Waals surface area contributed by atoms with Gasteiger partial charge in [-0.3, -0.25) is 4.99 Å². The summed E-state index contributed by atoms with van der Waals surface area (Å²) in [6.07, 6.45) is 1.66. The third-order valence-electron chi connectivity index (χ3n) is 2.28. The van der Waals surface area contributed by atoms with Crippen LogP contribution in [0.25, 0.3) is 0 Å². The number of hydrogen-bond donors (Lipinski definition) is 0. The lowest BCUT2D eigenvalue weighted by atomic mass is 10.2. The first-order chi connectivity index (χ1) is 8.24. The maximum atomic E-state index is 12.9. The van der Waals surface area contributed by atoms with Gasteiger partial charge in [-0.25, -0.2) is 4.39 Å². The van der Waals surface area contributed by atoms with Crippen molar-refractivity contribution >= 4 is 17.8 Å². The molecule has 0 aromatic heterocycles. The molecule has 1 nitrogen and oxygen atoms in total. The molecule has 0 amide bonds. The Morgan fingerprint density at radius 1 is 1.12 bits per heavy atom. The van der Waals surface area contributed by atoms with E-state index in [1.807, 2.05) is 30.3 Å². The second-order valence-electron chi connectivity index (χ2n) is 3.65. The fourth-order valence-corrected chi connectivity index (χ4v) is 1.56. The molecular weight excluding hydrogens is 237 g/mol. The molecule has 0 spiro atoms. The van der Waals surface area contributed by atoms with Crippen molar-refractivity contribution in [3.05, 3.63) is 70.5 Å². The van der Waals surface area contributed by atoms with Crippen LogP contribution in [0, 0.1) is 5.82 Å². The average Bonchev–Trinajstić information content (AvgIpc) is 2.32. The van der Waals surface area contributed by atoms with Gasteiger partial charge < -0.3 is 0 Å². The van der Waals surface area contributed by atoms with Crippen LogP contribution in [0.5, 0.6) is 0 Å². The highest BCUT2D eigenvalue weighted by Crippen LogP contribution is 2.10. The summed E-state index contributed by atoms with van der Waals surface area (Å²) in [7, 11) is 0. The molecule has 2 aromatic rings. The lowest BCUT2D eigenvalue weighted by molar-refractivity contribution is 0.627. The summed E-state index contributed by atoms with van der Waals surface area (Å²) in [5.74, 6) is -0.250. The first kappa shape index (κ1) is 11.8. The van der Waals surface area contributed by atoms with Gasteiger partial charge in [-0.05, 0) is 35.4 Å². The van der Waals surface area contributed by atoms with Gasteiger partial charge in [-0.2, -0.15) is 0 Å². The van der Waals surface area contributed by atoms with E-state index in [2.05, 4.69) is 4.99 Å². The van der Waals surface area contributed by atoms with E-state index in [-0.39, 0.29) is 5.82 Å². The van der Waals surface area contributed by atoms with E-state index in [4.69, 9.17) is 11.6 Å². The Hall–Kier alpha value is -1.67. The van der Waals surface area contributed by atoms with Gasteiger partial charge in [0.2, 0.25) is 0 Å². The number of aliphatic imine (C=N–C) groups is 1. The number of halogens is 2. The fourth-order valence-electron chi connectivity index (χ4n) is 1.43. The fraction of sp³-hybridized carbons (Fsp3) is 0.0714. The van der Waals surface area contributed by atoms with E-state index in [1.54, 1.807) is 12.3 Å². The number of rotatable bonds is 3. The van der Waals surface area contributed by atoms with Gasteiger partial charge in [0.25, 0.3) is 0 Å². The summed E-state index contributed by atoms with van der Waals surface area (Å²) >= 11 is 5.78. The van der Waals surface area contributed by atoms with Crippen LogP contribution in [0.3, 0.4) is 0 Å². The summed E-state index contributed by atoms with van der Waals surface area (Å²) in [4.78, 5) is 4.25. The van der Waals surface area contributed by atoms with E-state index >= 15 is 0 Å². The van der Waals surface area contributed by atoms with Crippen LogP contribution < -0.4 is 0 Å². The molecule has 0 aliphatic carbocycles. The van der Waals surface area contributed by atoms with E-state index < -0.39 is 0 Å². The van der Waals surface area contributed by atoms with Crippen LogP contribution in [0.15, 0.2) is 53.5 Å². The van der Waals surface area contributed by atoms with Crippen LogP contribution in [0.1, 0.15) is 11.1 Å². The minimum atomic E-state index is -0.250. The summed E-state index contributed by atoms with van der Waals surface area (Å²) < 4.78 is 12.9. The smallest absolute Gasteiger partial charge is 0.123 e. The molecule has 0 saturated heterocycles. The standard InChI is InChI=1S/C14H11ClFN/c15-13-6-4-11(5-7-13)9-17-10-12-2-1-3-14(16)8-12/h1-8,10H,9H2/b17-10+. The van der Waals surface area contributed by atoms with Crippen molar-refractivity contribution in [1.82, 2.24) is 0 Å². The first-order valence-corrected chi connectivity index (χ1v) is 5.62. The number of hydrogen-bond acceptors (Lipinski definition) is 1. The SMILES string of the molecule is Fc1cccc(/C=N/Cc2ccc(Cl)cc2)c1. The van der Waals surface area contributed by atoms with Crippen molar-refractivity contribution in [2.45, 2.75) is 6.54 Å². The highest BCUT2D eigenvalue weighted by atomic mass is 35.5. The molecular formula is C14H11ClFN. The maximum Gasteiger partial charge on any atom is 0.123 e. The predicted octanol–water partition coefficient (Wildman–Crippen LogP) is 4.10. The van der Waals surface area contributed by atoms with Crippen molar-refractivity contribution in [3.8, 4) is 0 Å². The summed E-state index contributed by atoms with van der Waals surface area (Å²) in [5, 5.41) is 0.711. The highest BCUT2D eigenvalue weighted by Gasteiger charge is 1.92. The third-order valence-corrected chi connectivity index (χ3v) is 2.53. The molecule has 86 valence electrons. The third kappa shape index (κ3) is 3.68. The molecule has 0 atom stereocenters. The van der Waals surface area contributed by atoms with E-state index in [1.165, 1.54) is 12.1 Å². The number of benzene rings is 2. The average molecular weight is 248 g/mol. The first-order valence-electron chi connectivity index (χ1n) is 5.24. The predicted molar refractivity (Wildman–Crippen MR) is 69.2 cm³/mol. The van der Waals surface area contributed by atoms with Gasteiger partial charge >= 0.3 is 0 Å². The summed E-state index contributed by atoms with van der Waals surface area (Å²) in [5.41, 5.74) is 1.83. The van der Waals surface area contributed by atoms with Crippen molar-refractivity contribution in [3.63, 3.8) is 0 Å². The molecule has 0 fully saturated rings. The molecule has 0 unspecified atom stereocenters. The quantitative estimate of drug-likeness (QED) is 0.724. The van der Waals surface area contributed by atoms with Crippen LogP contribution in [0.2, 0.25) is 5.02 Å². The molecule has 0 aliphatic rings. The molecule has 2 aromatic carbocycles. The van der Waals surface area contributed by atoms with Crippen molar-refractivity contribution in [1.29, 1.82) is 0 Å². The van der Waals surface area contributed by atoms with Crippen LogP contribution in [-0.2, 0) is 6.54 Å². The molecule has 0 bridgehead atoms. The Kier molecular flexibility index (Phi) is 3.89.